The summed E-state index contributed by atoms with van der Waals surface area (Å²) in [5, 5.41) is 6.44. The Balaban J connectivity index is 0.00000312. The molecule has 1 aliphatic rings. The number of likely N-dealkylation sites (N-methyl/N-ethyl adjacent to an activating group) is 2. The summed E-state index contributed by atoms with van der Waals surface area (Å²) >= 11 is 0. The van der Waals surface area contributed by atoms with E-state index in [1.54, 1.807) is 0 Å². The van der Waals surface area contributed by atoms with Crippen molar-refractivity contribution in [3.05, 3.63) is 35.4 Å². The van der Waals surface area contributed by atoms with Gasteiger partial charge in [0.25, 0.3) is 0 Å². The number of nitrogens with one attached hydrogen (secondary N) is 2. The first-order valence-electron chi connectivity index (χ1n) is 8.34. The van der Waals surface area contributed by atoms with E-state index in [1.165, 1.54) is 6.07 Å². The summed E-state index contributed by atoms with van der Waals surface area (Å²) in [5.41, 5.74) is 0.252. The lowest BCUT2D eigenvalue weighted by molar-refractivity contribution is 0.116. The summed E-state index contributed by atoms with van der Waals surface area (Å²) in [5.74, 6) is -0.279. The third kappa shape index (κ3) is 7.02. The van der Waals surface area contributed by atoms with E-state index in [0.717, 1.165) is 38.3 Å². The van der Waals surface area contributed by atoms with Crippen molar-refractivity contribution in [2.75, 3.05) is 46.8 Å². The fourth-order valence-corrected chi connectivity index (χ4v) is 2.71. The summed E-state index contributed by atoms with van der Waals surface area (Å²) in [4.78, 5) is 9.00. The molecule has 1 aromatic carbocycles. The van der Waals surface area contributed by atoms with Gasteiger partial charge >= 0.3 is 0 Å². The Kier molecular flexibility index (Phi) is 9.58. The highest BCUT2D eigenvalue weighted by Crippen LogP contribution is 2.10. The van der Waals surface area contributed by atoms with Crippen LogP contribution >= 0.6 is 24.0 Å². The molecule has 0 radical (unpaired) electrons. The number of rotatable bonds is 5. The minimum atomic E-state index is -0.452. The van der Waals surface area contributed by atoms with E-state index < -0.39 is 11.6 Å². The lowest BCUT2D eigenvalue weighted by Gasteiger charge is -2.37. The highest BCUT2D eigenvalue weighted by Gasteiger charge is 2.22. The molecule has 142 valence electrons. The second kappa shape index (κ2) is 10.9. The van der Waals surface area contributed by atoms with E-state index in [2.05, 4.69) is 39.5 Å². The summed E-state index contributed by atoms with van der Waals surface area (Å²) < 4.78 is 26.9. The van der Waals surface area contributed by atoms with Crippen molar-refractivity contribution in [1.82, 2.24) is 20.4 Å². The molecule has 0 spiro atoms. The molecule has 5 nitrogen and oxygen atoms in total. The van der Waals surface area contributed by atoms with Crippen molar-refractivity contribution in [2.45, 2.75) is 19.5 Å². The van der Waals surface area contributed by atoms with E-state index in [1.807, 2.05) is 6.92 Å². The number of guanidine groups is 1. The molecule has 1 unspecified atom stereocenters. The van der Waals surface area contributed by atoms with Gasteiger partial charge in [0.15, 0.2) is 5.96 Å². The van der Waals surface area contributed by atoms with Crippen molar-refractivity contribution in [3.63, 3.8) is 0 Å². The molecule has 25 heavy (non-hydrogen) atoms. The van der Waals surface area contributed by atoms with Gasteiger partial charge in [-0.05, 0) is 39.2 Å². The van der Waals surface area contributed by atoms with Gasteiger partial charge in [-0.3, -0.25) is 4.90 Å². The molecule has 8 heteroatoms. The molecule has 1 aromatic rings. The van der Waals surface area contributed by atoms with Crippen LogP contribution in [0.5, 0.6) is 0 Å². The zero-order valence-electron chi connectivity index (χ0n) is 15.1. The Bertz CT molecular complexity index is 570. The normalized spacial score (nSPS) is 19.4. The Morgan fingerprint density at radius 1 is 1.24 bits per heavy atom. The number of hydrogen-bond donors (Lipinski definition) is 2. The fourth-order valence-electron chi connectivity index (χ4n) is 2.71. The molecule has 0 aliphatic carbocycles. The molecule has 0 bridgehead atoms. The second-order valence-electron chi connectivity index (χ2n) is 6.21. The standard InChI is InChI=1S/C17H27F2N5.HI/c1-4-20-17(21-10-13-9-14(18)5-6-16(13)19)22-11-15-12-23(2)7-8-24(15)3;/h5-6,9,15H,4,7-8,10-12H2,1-3H3,(H2,20,21,22);1H. The van der Waals surface area contributed by atoms with Crippen LogP contribution < -0.4 is 10.6 Å². The Labute approximate surface area is 165 Å². The van der Waals surface area contributed by atoms with Gasteiger partial charge in [0, 0.05) is 44.3 Å². The highest BCUT2D eigenvalue weighted by molar-refractivity contribution is 14.0. The van der Waals surface area contributed by atoms with Crippen molar-refractivity contribution in [2.24, 2.45) is 4.99 Å². The molecular weight excluding hydrogens is 439 g/mol. The van der Waals surface area contributed by atoms with Crippen molar-refractivity contribution in [3.8, 4) is 0 Å². The molecular formula is C17H28F2IN5. The SMILES string of the molecule is CCNC(=NCc1cc(F)ccc1F)NCC1CN(C)CCN1C.I. The lowest BCUT2D eigenvalue weighted by Crippen LogP contribution is -2.55. The first-order valence-corrected chi connectivity index (χ1v) is 8.34. The maximum absolute atomic E-state index is 13.7. The minimum absolute atomic E-state index is 0. The van der Waals surface area contributed by atoms with Crippen LogP contribution in [0.3, 0.4) is 0 Å². The van der Waals surface area contributed by atoms with Crippen LogP contribution in [0.25, 0.3) is 0 Å². The van der Waals surface area contributed by atoms with Gasteiger partial charge in [-0.2, -0.15) is 0 Å². The van der Waals surface area contributed by atoms with Gasteiger partial charge in [0.1, 0.15) is 11.6 Å². The topological polar surface area (TPSA) is 42.9 Å². The molecule has 1 heterocycles. The van der Waals surface area contributed by atoms with E-state index in [4.69, 9.17) is 0 Å². The number of aliphatic imine (C=N–C) groups is 1. The van der Waals surface area contributed by atoms with Crippen molar-refractivity contribution < 1.29 is 8.78 Å². The second-order valence-corrected chi connectivity index (χ2v) is 6.21. The smallest absolute Gasteiger partial charge is 0.191 e. The predicted molar refractivity (Wildman–Crippen MR) is 109 cm³/mol. The quantitative estimate of drug-likeness (QED) is 0.395. The van der Waals surface area contributed by atoms with Crippen LogP contribution in [-0.4, -0.2) is 68.6 Å². The van der Waals surface area contributed by atoms with E-state index in [9.17, 15) is 8.78 Å². The van der Waals surface area contributed by atoms with Gasteiger partial charge in [-0.1, -0.05) is 0 Å². The Hall–Kier alpha value is -1.00. The zero-order valence-corrected chi connectivity index (χ0v) is 17.4. The van der Waals surface area contributed by atoms with Gasteiger partial charge in [0.2, 0.25) is 0 Å². The summed E-state index contributed by atoms with van der Waals surface area (Å²) in [6.07, 6.45) is 0. The average Bonchev–Trinajstić information content (AvgIpc) is 2.56. The molecule has 2 rings (SSSR count). The number of nitrogens with zero attached hydrogens (tertiary/aromatic N) is 3. The molecule has 0 aromatic heterocycles. The van der Waals surface area contributed by atoms with Crippen LogP contribution in [0.1, 0.15) is 12.5 Å². The molecule has 0 amide bonds. The molecule has 0 saturated carbocycles. The van der Waals surface area contributed by atoms with E-state index in [-0.39, 0.29) is 36.1 Å². The Morgan fingerprint density at radius 3 is 2.72 bits per heavy atom. The first kappa shape index (κ1) is 22.0. The third-order valence-electron chi connectivity index (χ3n) is 4.24. The Morgan fingerprint density at radius 2 is 2.00 bits per heavy atom. The average molecular weight is 467 g/mol. The largest absolute Gasteiger partial charge is 0.357 e. The van der Waals surface area contributed by atoms with Crippen LogP contribution in [0.2, 0.25) is 0 Å². The summed E-state index contributed by atoms with van der Waals surface area (Å²) in [6.45, 7) is 6.61. The molecule has 1 fully saturated rings. The van der Waals surface area contributed by atoms with E-state index in [0.29, 0.717) is 18.5 Å². The summed E-state index contributed by atoms with van der Waals surface area (Å²) in [6, 6.07) is 3.82. The zero-order chi connectivity index (χ0) is 17.5. The molecule has 2 N–H and O–H groups in total. The van der Waals surface area contributed by atoms with Gasteiger partial charge in [0.05, 0.1) is 6.54 Å². The predicted octanol–water partition coefficient (Wildman–Crippen LogP) is 1.88. The maximum atomic E-state index is 13.7. The number of piperazine rings is 1. The van der Waals surface area contributed by atoms with Gasteiger partial charge in [-0.15, -0.1) is 24.0 Å². The van der Waals surface area contributed by atoms with Crippen LogP contribution in [0.4, 0.5) is 8.78 Å². The maximum Gasteiger partial charge on any atom is 0.191 e. The van der Waals surface area contributed by atoms with Gasteiger partial charge < -0.3 is 15.5 Å². The number of benzene rings is 1. The molecule has 1 saturated heterocycles. The number of hydrogen-bond acceptors (Lipinski definition) is 3. The molecule has 1 aliphatic heterocycles. The third-order valence-corrected chi connectivity index (χ3v) is 4.24. The summed E-state index contributed by atoms with van der Waals surface area (Å²) in [7, 11) is 4.23. The monoisotopic (exact) mass is 467 g/mol. The van der Waals surface area contributed by atoms with Crippen molar-refractivity contribution >= 4 is 29.9 Å². The lowest BCUT2D eigenvalue weighted by atomic mass is 10.2. The van der Waals surface area contributed by atoms with Crippen molar-refractivity contribution in [1.29, 1.82) is 0 Å². The van der Waals surface area contributed by atoms with Crippen LogP contribution in [-0.2, 0) is 6.54 Å². The van der Waals surface area contributed by atoms with Gasteiger partial charge in [-0.25, -0.2) is 13.8 Å². The molecule has 1 atom stereocenters. The minimum Gasteiger partial charge on any atom is -0.357 e. The highest BCUT2D eigenvalue weighted by atomic mass is 127. The van der Waals surface area contributed by atoms with Crippen LogP contribution in [0.15, 0.2) is 23.2 Å². The van der Waals surface area contributed by atoms with E-state index >= 15 is 0 Å². The number of halogens is 3. The fraction of sp³-hybridized carbons (Fsp3) is 0.588. The first-order chi connectivity index (χ1) is 11.5. The van der Waals surface area contributed by atoms with Crippen LogP contribution in [0, 0.1) is 11.6 Å².